The highest BCUT2D eigenvalue weighted by atomic mass is 16.6. The molecule has 1 N–H and O–H groups in total. The number of ether oxygens (including phenoxy) is 2. The van der Waals surface area contributed by atoms with Crippen LogP contribution in [0.15, 0.2) is 36.4 Å². The highest BCUT2D eigenvalue weighted by Crippen LogP contribution is 2.39. The van der Waals surface area contributed by atoms with Gasteiger partial charge in [0.1, 0.15) is 5.75 Å². The fourth-order valence-electron chi connectivity index (χ4n) is 2.05. The number of methoxy groups -OCH3 is 2. The molecule has 0 aliphatic rings. The molecule has 0 saturated heterocycles. The molecule has 0 amide bonds. The second-order valence-corrected chi connectivity index (χ2v) is 4.41. The van der Waals surface area contributed by atoms with E-state index in [0.717, 1.165) is 11.3 Å². The maximum Gasteiger partial charge on any atom is 0.352 e. The SMILES string of the molecule is COc1ccc(Cc2ccc(OC)c([N+](=O)[O-])c2O)cc1. The van der Waals surface area contributed by atoms with E-state index in [2.05, 4.69) is 0 Å². The number of phenolic OH excluding ortho intramolecular Hbond substituents is 1. The lowest BCUT2D eigenvalue weighted by Gasteiger charge is -2.09. The highest BCUT2D eigenvalue weighted by Gasteiger charge is 2.23. The van der Waals surface area contributed by atoms with Crippen molar-refractivity contribution in [3.05, 3.63) is 57.6 Å². The van der Waals surface area contributed by atoms with Gasteiger partial charge >= 0.3 is 5.69 Å². The van der Waals surface area contributed by atoms with Crippen molar-refractivity contribution in [1.82, 2.24) is 0 Å². The number of rotatable bonds is 5. The van der Waals surface area contributed by atoms with E-state index in [4.69, 9.17) is 9.47 Å². The largest absolute Gasteiger partial charge is 0.502 e. The van der Waals surface area contributed by atoms with E-state index < -0.39 is 10.6 Å². The lowest BCUT2D eigenvalue weighted by Crippen LogP contribution is -1.98. The second-order valence-electron chi connectivity index (χ2n) is 4.41. The molecular weight excluding hydrogens is 274 g/mol. The summed E-state index contributed by atoms with van der Waals surface area (Å²) in [6.45, 7) is 0. The molecule has 0 spiro atoms. The topological polar surface area (TPSA) is 81.8 Å². The van der Waals surface area contributed by atoms with Gasteiger partial charge < -0.3 is 14.6 Å². The molecule has 0 aromatic heterocycles. The van der Waals surface area contributed by atoms with E-state index in [1.165, 1.54) is 13.2 Å². The Balaban J connectivity index is 2.35. The molecule has 6 nitrogen and oxygen atoms in total. The molecule has 0 unspecified atom stereocenters. The summed E-state index contributed by atoms with van der Waals surface area (Å²) in [4.78, 5) is 10.4. The summed E-state index contributed by atoms with van der Waals surface area (Å²) in [5.41, 5.74) is 0.960. The van der Waals surface area contributed by atoms with Crippen LogP contribution in [-0.4, -0.2) is 24.2 Å². The summed E-state index contributed by atoms with van der Waals surface area (Å²) < 4.78 is 9.97. The quantitative estimate of drug-likeness (QED) is 0.676. The molecule has 0 saturated carbocycles. The summed E-state index contributed by atoms with van der Waals surface area (Å²) in [6, 6.07) is 10.4. The Hall–Kier alpha value is -2.76. The number of nitro benzene ring substituents is 1. The van der Waals surface area contributed by atoms with E-state index in [0.29, 0.717) is 12.0 Å². The first-order valence-electron chi connectivity index (χ1n) is 6.23. The lowest BCUT2D eigenvalue weighted by atomic mass is 10.0. The van der Waals surface area contributed by atoms with Crippen molar-refractivity contribution in [3.8, 4) is 17.2 Å². The fourth-order valence-corrected chi connectivity index (χ4v) is 2.05. The van der Waals surface area contributed by atoms with E-state index in [1.807, 2.05) is 12.1 Å². The third kappa shape index (κ3) is 3.05. The van der Waals surface area contributed by atoms with Gasteiger partial charge in [0.15, 0.2) is 0 Å². The smallest absolute Gasteiger partial charge is 0.352 e. The Kier molecular flexibility index (Phi) is 4.27. The number of phenols is 1. The van der Waals surface area contributed by atoms with Gasteiger partial charge in [-0.3, -0.25) is 10.1 Å². The molecule has 0 aliphatic carbocycles. The van der Waals surface area contributed by atoms with Crippen molar-refractivity contribution < 1.29 is 19.5 Å². The molecular formula is C15H15NO5. The minimum atomic E-state index is -0.647. The number of nitrogens with zero attached hydrogens (tertiary/aromatic N) is 1. The zero-order valence-electron chi connectivity index (χ0n) is 11.7. The molecule has 0 radical (unpaired) electrons. The van der Waals surface area contributed by atoms with Crippen LogP contribution >= 0.6 is 0 Å². The number of hydrogen-bond donors (Lipinski definition) is 1. The predicted molar refractivity (Wildman–Crippen MR) is 77.1 cm³/mol. The average molecular weight is 289 g/mol. The van der Waals surface area contributed by atoms with Crippen LogP contribution in [0, 0.1) is 10.1 Å². The zero-order valence-corrected chi connectivity index (χ0v) is 11.7. The van der Waals surface area contributed by atoms with Crippen molar-refractivity contribution in [3.63, 3.8) is 0 Å². The molecule has 0 heterocycles. The molecule has 2 rings (SSSR count). The molecule has 2 aromatic carbocycles. The monoisotopic (exact) mass is 289 g/mol. The Morgan fingerprint density at radius 1 is 1.10 bits per heavy atom. The average Bonchev–Trinajstić information content (AvgIpc) is 2.49. The summed E-state index contributed by atoms with van der Waals surface area (Å²) in [5, 5.41) is 21.1. The van der Waals surface area contributed by atoms with Crippen LogP contribution in [0.1, 0.15) is 11.1 Å². The van der Waals surface area contributed by atoms with Crippen molar-refractivity contribution in [2.45, 2.75) is 6.42 Å². The minimum Gasteiger partial charge on any atom is -0.502 e. The molecule has 2 aromatic rings. The number of benzene rings is 2. The molecule has 6 heteroatoms. The van der Waals surface area contributed by atoms with Crippen LogP contribution in [0.3, 0.4) is 0 Å². The molecule has 0 fully saturated rings. The first kappa shape index (κ1) is 14.6. The lowest BCUT2D eigenvalue weighted by molar-refractivity contribution is -0.386. The summed E-state index contributed by atoms with van der Waals surface area (Å²) in [5.74, 6) is 0.398. The van der Waals surface area contributed by atoms with E-state index in [-0.39, 0.29) is 11.5 Å². The van der Waals surface area contributed by atoms with Gasteiger partial charge in [0.2, 0.25) is 11.5 Å². The normalized spacial score (nSPS) is 10.2. The molecule has 0 bridgehead atoms. The standard InChI is InChI=1S/C15H15NO5/c1-20-12-6-3-10(4-7-12)9-11-5-8-13(21-2)14(15(11)17)16(18)19/h3-8,17H,9H2,1-2H3. The minimum absolute atomic E-state index is 0.0379. The maximum atomic E-state index is 11.0. The predicted octanol–water partition coefficient (Wildman–Crippen LogP) is 2.91. The fraction of sp³-hybridized carbons (Fsp3) is 0.200. The molecule has 0 atom stereocenters. The third-order valence-corrected chi connectivity index (χ3v) is 3.15. The summed E-state index contributed by atoms with van der Waals surface area (Å²) >= 11 is 0. The number of nitro groups is 1. The van der Waals surface area contributed by atoms with Gasteiger partial charge in [0.05, 0.1) is 19.1 Å². The van der Waals surface area contributed by atoms with Gasteiger partial charge in [0.25, 0.3) is 0 Å². The van der Waals surface area contributed by atoms with E-state index in [9.17, 15) is 15.2 Å². The first-order chi connectivity index (χ1) is 10.1. The third-order valence-electron chi connectivity index (χ3n) is 3.15. The van der Waals surface area contributed by atoms with Crippen LogP contribution in [0.5, 0.6) is 17.2 Å². The van der Waals surface area contributed by atoms with Crippen LogP contribution in [0.2, 0.25) is 0 Å². The van der Waals surface area contributed by atoms with Gasteiger partial charge in [-0.1, -0.05) is 18.2 Å². The van der Waals surface area contributed by atoms with Crippen LogP contribution in [-0.2, 0) is 6.42 Å². The summed E-state index contributed by atoms with van der Waals surface area (Å²) in [7, 11) is 2.90. The first-order valence-corrected chi connectivity index (χ1v) is 6.23. The van der Waals surface area contributed by atoms with Crippen molar-refractivity contribution >= 4 is 5.69 Å². The van der Waals surface area contributed by atoms with Gasteiger partial charge in [-0.15, -0.1) is 0 Å². The van der Waals surface area contributed by atoms with Crippen molar-refractivity contribution in [2.75, 3.05) is 14.2 Å². The zero-order chi connectivity index (χ0) is 15.4. The Morgan fingerprint density at radius 2 is 1.76 bits per heavy atom. The van der Waals surface area contributed by atoms with E-state index >= 15 is 0 Å². The van der Waals surface area contributed by atoms with Crippen LogP contribution in [0.25, 0.3) is 0 Å². The molecule has 21 heavy (non-hydrogen) atoms. The van der Waals surface area contributed by atoms with Gasteiger partial charge in [0, 0.05) is 12.0 Å². The molecule has 0 aliphatic heterocycles. The highest BCUT2D eigenvalue weighted by molar-refractivity contribution is 5.61. The van der Waals surface area contributed by atoms with Gasteiger partial charge in [-0.2, -0.15) is 0 Å². The number of hydrogen-bond acceptors (Lipinski definition) is 5. The van der Waals surface area contributed by atoms with Crippen molar-refractivity contribution in [1.29, 1.82) is 0 Å². The molecule has 110 valence electrons. The van der Waals surface area contributed by atoms with Gasteiger partial charge in [-0.25, -0.2) is 0 Å². The Labute approximate surface area is 121 Å². The van der Waals surface area contributed by atoms with Crippen LogP contribution < -0.4 is 9.47 Å². The van der Waals surface area contributed by atoms with Crippen molar-refractivity contribution in [2.24, 2.45) is 0 Å². The van der Waals surface area contributed by atoms with E-state index in [1.54, 1.807) is 25.3 Å². The Morgan fingerprint density at radius 3 is 2.29 bits per heavy atom. The maximum absolute atomic E-state index is 11.0. The Bertz CT molecular complexity index is 652. The van der Waals surface area contributed by atoms with Gasteiger partial charge in [-0.05, 0) is 23.8 Å². The summed E-state index contributed by atoms with van der Waals surface area (Å²) in [6.07, 6.45) is 0.376. The second kappa shape index (κ2) is 6.13. The number of aromatic hydroxyl groups is 1. The van der Waals surface area contributed by atoms with Crippen LogP contribution in [0.4, 0.5) is 5.69 Å².